The molecule has 0 saturated heterocycles. The Morgan fingerprint density at radius 1 is 1.19 bits per heavy atom. The molecule has 0 aromatic rings. The van der Waals surface area contributed by atoms with Crippen LogP contribution >= 0.6 is 0 Å². The fourth-order valence-electron chi connectivity index (χ4n) is 5.26. The minimum absolute atomic E-state index is 0.108. The molecule has 0 fully saturated rings. The number of methoxy groups -OCH3 is 2. The predicted molar refractivity (Wildman–Crippen MR) is 158 cm³/mol. The van der Waals surface area contributed by atoms with E-state index >= 15 is 0 Å². The lowest BCUT2D eigenvalue weighted by molar-refractivity contribution is -0.120. The van der Waals surface area contributed by atoms with Crippen LogP contribution in [0.3, 0.4) is 0 Å². The van der Waals surface area contributed by atoms with Crippen molar-refractivity contribution in [3.05, 3.63) is 59.0 Å². The number of ether oxygens (including phenoxy) is 3. The molecule has 0 unspecified atom stereocenters. The first kappa shape index (κ1) is 34.7. The average Bonchev–Trinajstić information content (AvgIpc) is 2.94. The lowest BCUT2D eigenvalue weighted by Gasteiger charge is -2.30. The van der Waals surface area contributed by atoms with Crippen molar-refractivity contribution in [2.75, 3.05) is 20.8 Å². The largest absolute Gasteiger partial charge is 0.439 e. The quantitative estimate of drug-likeness (QED) is 0.270. The molecule has 0 aromatic heterocycles. The van der Waals surface area contributed by atoms with E-state index in [-0.39, 0.29) is 35.9 Å². The summed E-state index contributed by atoms with van der Waals surface area (Å²) in [6, 6.07) is 0. The van der Waals surface area contributed by atoms with Crippen molar-refractivity contribution in [2.45, 2.75) is 77.8 Å². The summed E-state index contributed by atoms with van der Waals surface area (Å²) in [7, 11) is 2.98. The summed E-state index contributed by atoms with van der Waals surface area (Å²) in [6.07, 6.45) is 3.53. The number of nitrogens with two attached hydrogens (primary N) is 1. The SMILES string of the molecule is C=CCNC1=C2C[C@@H](C)C[C@H](OC)[C@H](O)[C@@H](C)/C=C(/C)[C@H](OC(N)=O)[C@@H](OC)CC/C=C(/C)C(=O)NC(=CC1=O)C2=O. The van der Waals surface area contributed by atoms with Gasteiger partial charge in [-0.2, -0.15) is 0 Å². The van der Waals surface area contributed by atoms with Crippen molar-refractivity contribution >= 4 is 23.6 Å². The van der Waals surface area contributed by atoms with Gasteiger partial charge >= 0.3 is 6.09 Å². The van der Waals surface area contributed by atoms with Gasteiger partial charge in [0.25, 0.3) is 5.91 Å². The number of amides is 2. The highest BCUT2D eigenvalue weighted by atomic mass is 16.6. The van der Waals surface area contributed by atoms with Gasteiger partial charge in [0.1, 0.15) is 0 Å². The Morgan fingerprint density at radius 2 is 1.86 bits per heavy atom. The van der Waals surface area contributed by atoms with E-state index in [1.165, 1.54) is 14.2 Å². The fraction of sp³-hybridized carbons (Fsp3) is 0.548. The molecule has 0 saturated carbocycles. The molecule has 1 aliphatic carbocycles. The molecule has 2 amide bonds. The molecule has 11 nitrogen and oxygen atoms in total. The van der Waals surface area contributed by atoms with E-state index in [9.17, 15) is 24.3 Å². The molecule has 1 aliphatic heterocycles. The molecule has 2 aliphatic rings. The van der Waals surface area contributed by atoms with E-state index < -0.39 is 53.9 Å². The van der Waals surface area contributed by atoms with E-state index in [0.29, 0.717) is 30.4 Å². The van der Waals surface area contributed by atoms with Crippen molar-refractivity contribution in [1.29, 1.82) is 0 Å². The number of fused-ring (bicyclic) bond motifs is 2. The van der Waals surface area contributed by atoms with Gasteiger partial charge in [0.05, 0.1) is 29.7 Å². The van der Waals surface area contributed by atoms with Crippen LogP contribution in [-0.2, 0) is 28.6 Å². The summed E-state index contributed by atoms with van der Waals surface area (Å²) < 4.78 is 16.7. The average molecular weight is 588 g/mol. The molecule has 2 bridgehead atoms. The van der Waals surface area contributed by atoms with Crippen LogP contribution < -0.4 is 16.4 Å². The molecule has 0 aromatic carbocycles. The van der Waals surface area contributed by atoms with Crippen molar-refractivity contribution in [3.63, 3.8) is 0 Å². The second-order valence-corrected chi connectivity index (χ2v) is 10.9. The third-order valence-electron chi connectivity index (χ3n) is 7.54. The summed E-state index contributed by atoms with van der Waals surface area (Å²) in [5, 5.41) is 16.8. The summed E-state index contributed by atoms with van der Waals surface area (Å²) in [5.74, 6) is -2.03. The van der Waals surface area contributed by atoms with Crippen LogP contribution in [0.25, 0.3) is 0 Å². The van der Waals surface area contributed by atoms with Crippen LogP contribution in [0.1, 0.15) is 53.4 Å². The minimum atomic E-state index is -0.967. The number of Topliss-reactive ketones (excluding diaryl/α,β-unsaturated/α-hetero) is 1. The Morgan fingerprint density at radius 3 is 2.45 bits per heavy atom. The number of allylic oxidation sites excluding steroid dienone is 3. The molecule has 2 rings (SSSR count). The first-order valence-corrected chi connectivity index (χ1v) is 14.1. The number of aliphatic hydroxyl groups is 1. The number of nitrogens with one attached hydrogen (secondary N) is 2. The highest BCUT2D eigenvalue weighted by Gasteiger charge is 2.33. The monoisotopic (exact) mass is 587 g/mol. The Balaban J connectivity index is 2.57. The van der Waals surface area contributed by atoms with E-state index in [1.807, 2.05) is 13.8 Å². The van der Waals surface area contributed by atoms with Crippen LogP contribution in [-0.4, -0.2) is 73.9 Å². The molecule has 0 spiro atoms. The number of carbonyl (C=O) groups excluding carboxylic acids is 4. The Labute approximate surface area is 247 Å². The lowest BCUT2D eigenvalue weighted by Crippen LogP contribution is -2.38. The summed E-state index contributed by atoms with van der Waals surface area (Å²) in [6.45, 7) is 11.0. The van der Waals surface area contributed by atoms with E-state index in [1.54, 1.807) is 32.1 Å². The highest BCUT2D eigenvalue weighted by molar-refractivity contribution is 6.23. The molecule has 42 heavy (non-hydrogen) atoms. The number of hydrogen-bond donors (Lipinski definition) is 4. The molecular formula is C31H45N3O8. The number of hydrogen-bond acceptors (Lipinski definition) is 9. The van der Waals surface area contributed by atoms with Gasteiger partial charge in [-0.1, -0.05) is 32.1 Å². The van der Waals surface area contributed by atoms with Crippen LogP contribution in [0.5, 0.6) is 0 Å². The van der Waals surface area contributed by atoms with Gasteiger partial charge in [0, 0.05) is 43.9 Å². The summed E-state index contributed by atoms with van der Waals surface area (Å²) in [4.78, 5) is 51.4. The minimum Gasteiger partial charge on any atom is -0.439 e. The standard InChI is InChI=1S/C31H45N3O8/c1-8-12-33-26-21-13-17(2)14-25(41-7)27(36)19(4)15-20(5)29(42-31(32)39)24(40-6)11-9-10-18(3)30(38)34-22(28(21)37)16-23(26)35/h8,10,15-17,19,24-25,27,29,33,36H,1,9,11-14H2,2-7H3,(H2,32,39)(H,34,38)/b18-10-,20-15-/t17-,19+,24+,25+,27-,29+/m1/s1. The zero-order valence-electron chi connectivity index (χ0n) is 25.4. The van der Waals surface area contributed by atoms with E-state index in [0.717, 1.165) is 6.08 Å². The topological polar surface area (TPSA) is 166 Å². The second kappa shape index (κ2) is 16.2. The number of ketones is 2. The normalized spacial score (nSPS) is 31.2. The fourth-order valence-corrected chi connectivity index (χ4v) is 5.26. The van der Waals surface area contributed by atoms with Gasteiger partial charge in [-0.15, -0.1) is 6.58 Å². The van der Waals surface area contributed by atoms with E-state index in [2.05, 4.69) is 17.2 Å². The molecule has 232 valence electrons. The molecule has 0 radical (unpaired) electrons. The number of carbonyl (C=O) groups is 4. The molecule has 1 heterocycles. The maximum Gasteiger partial charge on any atom is 0.405 e. The molecule has 6 atom stereocenters. The number of aliphatic hydroxyl groups excluding tert-OH is 1. The van der Waals surface area contributed by atoms with Gasteiger partial charge in [0.15, 0.2) is 6.10 Å². The Hall–Kier alpha value is -3.54. The number of primary amides is 1. The molecular weight excluding hydrogens is 542 g/mol. The Kier molecular flexibility index (Phi) is 13.4. The maximum atomic E-state index is 13.6. The third-order valence-corrected chi connectivity index (χ3v) is 7.54. The third kappa shape index (κ3) is 9.23. The van der Waals surface area contributed by atoms with Gasteiger partial charge in [0.2, 0.25) is 11.6 Å². The van der Waals surface area contributed by atoms with Gasteiger partial charge in [-0.05, 0) is 51.0 Å². The molecule has 5 N–H and O–H groups in total. The summed E-state index contributed by atoms with van der Waals surface area (Å²) >= 11 is 0. The van der Waals surface area contributed by atoms with Crippen LogP contribution in [0.15, 0.2) is 59.0 Å². The van der Waals surface area contributed by atoms with Gasteiger partial charge < -0.3 is 35.7 Å². The predicted octanol–water partition coefficient (Wildman–Crippen LogP) is 2.76. The van der Waals surface area contributed by atoms with Crippen molar-refractivity contribution in [2.24, 2.45) is 17.6 Å². The van der Waals surface area contributed by atoms with Crippen LogP contribution in [0.2, 0.25) is 0 Å². The maximum absolute atomic E-state index is 13.6. The molecule has 11 heteroatoms. The zero-order valence-corrected chi connectivity index (χ0v) is 25.4. The first-order chi connectivity index (χ1) is 19.8. The Bertz CT molecular complexity index is 1170. The van der Waals surface area contributed by atoms with Crippen molar-refractivity contribution < 1.29 is 38.5 Å². The van der Waals surface area contributed by atoms with Crippen LogP contribution in [0.4, 0.5) is 4.79 Å². The van der Waals surface area contributed by atoms with Gasteiger partial charge in [-0.25, -0.2) is 4.79 Å². The van der Waals surface area contributed by atoms with E-state index in [4.69, 9.17) is 19.9 Å². The lowest BCUT2D eigenvalue weighted by atomic mass is 9.85. The zero-order chi connectivity index (χ0) is 31.6. The smallest absolute Gasteiger partial charge is 0.405 e. The van der Waals surface area contributed by atoms with Crippen molar-refractivity contribution in [3.8, 4) is 0 Å². The number of rotatable bonds is 6. The van der Waals surface area contributed by atoms with Crippen LogP contribution in [0, 0.1) is 11.8 Å². The van der Waals surface area contributed by atoms with Crippen molar-refractivity contribution in [1.82, 2.24) is 10.6 Å². The highest BCUT2D eigenvalue weighted by Crippen LogP contribution is 2.29. The second-order valence-electron chi connectivity index (χ2n) is 10.9. The first-order valence-electron chi connectivity index (χ1n) is 14.1. The summed E-state index contributed by atoms with van der Waals surface area (Å²) in [5.41, 5.74) is 6.63. The van der Waals surface area contributed by atoms with Gasteiger partial charge in [-0.3, -0.25) is 14.4 Å².